The SMILES string of the molecule is Cc1cc(N(C)CC2(O)CCOCC2)c(Br)cc1[N+](=O)[O-]. The van der Waals surface area contributed by atoms with Crippen LogP contribution >= 0.6 is 15.9 Å². The van der Waals surface area contributed by atoms with Crippen molar-refractivity contribution in [2.45, 2.75) is 25.4 Å². The van der Waals surface area contributed by atoms with Crippen molar-refractivity contribution in [2.24, 2.45) is 0 Å². The number of hydrogen-bond acceptors (Lipinski definition) is 5. The van der Waals surface area contributed by atoms with Gasteiger partial charge >= 0.3 is 0 Å². The lowest BCUT2D eigenvalue weighted by molar-refractivity contribution is -0.385. The Labute approximate surface area is 132 Å². The van der Waals surface area contributed by atoms with Gasteiger partial charge in [0.2, 0.25) is 0 Å². The first-order valence-electron chi connectivity index (χ1n) is 6.78. The molecule has 1 fully saturated rings. The van der Waals surface area contributed by atoms with Gasteiger partial charge in [-0.15, -0.1) is 0 Å². The minimum atomic E-state index is -0.776. The summed E-state index contributed by atoms with van der Waals surface area (Å²) in [7, 11) is 1.87. The van der Waals surface area contributed by atoms with Crippen molar-refractivity contribution in [3.8, 4) is 0 Å². The van der Waals surface area contributed by atoms with E-state index in [4.69, 9.17) is 4.74 Å². The fourth-order valence-electron chi connectivity index (χ4n) is 2.58. The highest BCUT2D eigenvalue weighted by atomic mass is 79.9. The van der Waals surface area contributed by atoms with Gasteiger partial charge in [0.15, 0.2) is 0 Å². The maximum atomic E-state index is 10.9. The molecule has 2 rings (SSSR count). The van der Waals surface area contributed by atoms with Gasteiger partial charge < -0.3 is 14.7 Å². The zero-order chi connectivity index (χ0) is 15.6. The maximum absolute atomic E-state index is 10.9. The van der Waals surface area contributed by atoms with Crippen LogP contribution < -0.4 is 4.90 Å². The van der Waals surface area contributed by atoms with Crippen LogP contribution in [0, 0.1) is 17.0 Å². The summed E-state index contributed by atoms with van der Waals surface area (Å²) in [4.78, 5) is 12.5. The number of nitrogens with zero attached hydrogens (tertiary/aromatic N) is 2. The van der Waals surface area contributed by atoms with Gasteiger partial charge in [-0.1, -0.05) is 0 Å². The molecule has 1 heterocycles. The van der Waals surface area contributed by atoms with Crippen molar-refractivity contribution in [1.29, 1.82) is 0 Å². The number of rotatable bonds is 4. The molecule has 0 saturated carbocycles. The fraction of sp³-hybridized carbons (Fsp3) is 0.571. The molecule has 1 aromatic carbocycles. The third-order valence-corrected chi connectivity index (χ3v) is 4.46. The van der Waals surface area contributed by atoms with Crippen LogP contribution in [-0.4, -0.2) is 42.4 Å². The number of ether oxygens (including phenoxy) is 1. The van der Waals surface area contributed by atoms with Crippen molar-refractivity contribution >= 4 is 27.3 Å². The molecule has 21 heavy (non-hydrogen) atoms. The highest BCUT2D eigenvalue weighted by molar-refractivity contribution is 9.10. The van der Waals surface area contributed by atoms with E-state index in [1.54, 1.807) is 13.0 Å². The summed E-state index contributed by atoms with van der Waals surface area (Å²) in [5.74, 6) is 0. The number of nitro groups is 1. The lowest BCUT2D eigenvalue weighted by atomic mass is 9.93. The van der Waals surface area contributed by atoms with E-state index < -0.39 is 10.5 Å². The van der Waals surface area contributed by atoms with Crippen LogP contribution in [0.3, 0.4) is 0 Å². The van der Waals surface area contributed by atoms with Crippen LogP contribution in [0.25, 0.3) is 0 Å². The van der Waals surface area contributed by atoms with Gasteiger partial charge in [0, 0.05) is 55.8 Å². The molecule has 1 aliphatic rings. The summed E-state index contributed by atoms with van der Waals surface area (Å²) in [6.07, 6.45) is 1.20. The summed E-state index contributed by atoms with van der Waals surface area (Å²) < 4.78 is 5.93. The quantitative estimate of drug-likeness (QED) is 0.661. The monoisotopic (exact) mass is 358 g/mol. The number of aliphatic hydroxyl groups is 1. The predicted molar refractivity (Wildman–Crippen MR) is 83.8 cm³/mol. The van der Waals surface area contributed by atoms with Crippen LogP contribution in [0.1, 0.15) is 18.4 Å². The molecule has 1 N–H and O–H groups in total. The molecule has 0 bridgehead atoms. The van der Waals surface area contributed by atoms with E-state index in [0.29, 0.717) is 42.6 Å². The highest BCUT2D eigenvalue weighted by Crippen LogP contribution is 2.34. The average molecular weight is 359 g/mol. The molecule has 1 saturated heterocycles. The molecule has 1 aliphatic heterocycles. The molecule has 0 amide bonds. The lowest BCUT2D eigenvalue weighted by Gasteiger charge is -2.36. The molecule has 0 aromatic heterocycles. The maximum Gasteiger partial charge on any atom is 0.273 e. The van der Waals surface area contributed by atoms with Gasteiger partial charge in [0.1, 0.15) is 0 Å². The second kappa shape index (κ2) is 6.29. The number of benzene rings is 1. The van der Waals surface area contributed by atoms with Crippen LogP contribution in [0.2, 0.25) is 0 Å². The molecule has 0 aliphatic carbocycles. The lowest BCUT2D eigenvalue weighted by Crippen LogP contribution is -2.45. The van der Waals surface area contributed by atoms with Crippen molar-refractivity contribution < 1.29 is 14.8 Å². The first-order chi connectivity index (χ1) is 9.82. The number of anilines is 1. The zero-order valence-corrected chi connectivity index (χ0v) is 13.7. The average Bonchev–Trinajstić information content (AvgIpc) is 2.40. The van der Waals surface area contributed by atoms with E-state index in [2.05, 4.69) is 15.9 Å². The van der Waals surface area contributed by atoms with E-state index in [-0.39, 0.29) is 5.69 Å². The van der Waals surface area contributed by atoms with Crippen molar-refractivity contribution in [3.63, 3.8) is 0 Å². The predicted octanol–water partition coefficient (Wildman–Crippen LogP) is 2.64. The molecule has 6 nitrogen and oxygen atoms in total. The number of halogens is 1. The Morgan fingerprint density at radius 3 is 2.67 bits per heavy atom. The molecule has 0 atom stereocenters. The molecule has 1 aromatic rings. The normalized spacial score (nSPS) is 17.5. The summed E-state index contributed by atoms with van der Waals surface area (Å²) in [5, 5.41) is 21.5. The van der Waals surface area contributed by atoms with E-state index >= 15 is 0 Å². The van der Waals surface area contributed by atoms with E-state index in [1.807, 2.05) is 11.9 Å². The van der Waals surface area contributed by atoms with Crippen LogP contribution in [0.15, 0.2) is 16.6 Å². The number of likely N-dealkylation sites (N-methyl/N-ethyl adjacent to an activating group) is 1. The second-order valence-electron chi connectivity index (χ2n) is 5.54. The third-order valence-electron chi connectivity index (χ3n) is 3.83. The highest BCUT2D eigenvalue weighted by Gasteiger charge is 2.31. The van der Waals surface area contributed by atoms with Gasteiger partial charge in [-0.3, -0.25) is 10.1 Å². The van der Waals surface area contributed by atoms with E-state index in [1.165, 1.54) is 6.07 Å². The Hall–Kier alpha value is -1.18. The first-order valence-corrected chi connectivity index (χ1v) is 7.57. The van der Waals surface area contributed by atoms with Crippen LogP contribution in [0.5, 0.6) is 0 Å². The van der Waals surface area contributed by atoms with Crippen LogP contribution in [0.4, 0.5) is 11.4 Å². The summed E-state index contributed by atoms with van der Waals surface area (Å²) in [6.45, 7) is 3.30. The molecule has 0 spiro atoms. The molecule has 116 valence electrons. The van der Waals surface area contributed by atoms with Gasteiger partial charge in [-0.2, -0.15) is 0 Å². The second-order valence-corrected chi connectivity index (χ2v) is 6.39. The first kappa shape index (κ1) is 16.2. The fourth-order valence-corrected chi connectivity index (χ4v) is 3.22. The number of nitro benzene ring substituents is 1. The van der Waals surface area contributed by atoms with Gasteiger partial charge in [0.05, 0.1) is 16.2 Å². The minimum absolute atomic E-state index is 0.0869. The Morgan fingerprint density at radius 1 is 1.48 bits per heavy atom. The molecule has 7 heteroatoms. The van der Waals surface area contributed by atoms with Crippen molar-refractivity contribution in [3.05, 3.63) is 32.3 Å². The Kier molecular flexibility index (Phi) is 4.85. The number of hydrogen-bond donors (Lipinski definition) is 1. The van der Waals surface area contributed by atoms with E-state index in [9.17, 15) is 15.2 Å². The zero-order valence-electron chi connectivity index (χ0n) is 12.1. The Bertz CT molecular complexity index is 544. The van der Waals surface area contributed by atoms with Gasteiger partial charge in [0.25, 0.3) is 5.69 Å². The standard InChI is InChI=1S/C14H19BrN2O4/c1-10-7-13(11(15)8-12(10)17(19)20)16(2)9-14(18)3-5-21-6-4-14/h7-8,18H,3-6,9H2,1-2H3. The Morgan fingerprint density at radius 2 is 2.10 bits per heavy atom. The topological polar surface area (TPSA) is 75.8 Å². The molecule has 0 radical (unpaired) electrons. The van der Waals surface area contributed by atoms with Crippen molar-refractivity contribution in [1.82, 2.24) is 0 Å². The molecule has 0 unspecified atom stereocenters. The smallest absolute Gasteiger partial charge is 0.273 e. The summed E-state index contributed by atoms with van der Waals surface area (Å²) in [6, 6.07) is 3.28. The number of aryl methyl sites for hydroxylation is 1. The molecular weight excluding hydrogens is 340 g/mol. The minimum Gasteiger partial charge on any atom is -0.388 e. The van der Waals surface area contributed by atoms with Gasteiger partial charge in [-0.25, -0.2) is 0 Å². The Balaban J connectivity index is 2.21. The van der Waals surface area contributed by atoms with Crippen LogP contribution in [-0.2, 0) is 4.74 Å². The third kappa shape index (κ3) is 3.72. The molecular formula is C14H19BrN2O4. The van der Waals surface area contributed by atoms with Gasteiger partial charge in [-0.05, 0) is 28.9 Å². The largest absolute Gasteiger partial charge is 0.388 e. The summed E-state index contributed by atoms with van der Waals surface area (Å²) in [5.41, 5.74) is 0.744. The van der Waals surface area contributed by atoms with Crippen molar-refractivity contribution in [2.75, 3.05) is 31.7 Å². The van der Waals surface area contributed by atoms with E-state index in [0.717, 1.165) is 5.69 Å². The summed E-state index contributed by atoms with van der Waals surface area (Å²) >= 11 is 3.38.